The number of benzene rings is 1. The Morgan fingerprint density at radius 3 is 2.37 bits per heavy atom. The average Bonchev–Trinajstić information content (AvgIpc) is 2.31. The zero-order valence-corrected chi connectivity index (χ0v) is 11.4. The number of primary amides is 1. The normalized spacial score (nSPS) is 11.3. The van der Waals surface area contributed by atoms with Crippen molar-refractivity contribution in [1.29, 1.82) is 0 Å². The number of rotatable bonds is 6. The molecule has 0 spiro atoms. The van der Waals surface area contributed by atoms with Gasteiger partial charge in [-0.15, -0.1) is 12.4 Å². The molecule has 7 heteroatoms. The van der Waals surface area contributed by atoms with Gasteiger partial charge in [0, 0.05) is 12.8 Å². The lowest BCUT2D eigenvalue weighted by atomic mass is 10.2. The highest BCUT2D eigenvalue weighted by atomic mass is 35.5. The lowest BCUT2D eigenvalue weighted by Crippen LogP contribution is -2.38. The van der Waals surface area contributed by atoms with Gasteiger partial charge in [0.25, 0.3) is 0 Å². The maximum atomic E-state index is 11.6. The summed E-state index contributed by atoms with van der Waals surface area (Å²) in [6.07, 6.45) is -0.173. The standard InChI is InChI=1S/C12H17N3O3.ClH/c1-18-7-8-2-4-9(5-3-8)15-12(17)10(13)6-11(14)16;/h2-5,10H,6-7,13H2,1H3,(H2,14,16)(H,15,17);1H. The van der Waals surface area contributed by atoms with Gasteiger partial charge in [0.05, 0.1) is 19.1 Å². The van der Waals surface area contributed by atoms with Gasteiger partial charge in [0.2, 0.25) is 11.8 Å². The highest BCUT2D eigenvalue weighted by Crippen LogP contribution is 2.10. The first-order valence-electron chi connectivity index (χ1n) is 5.45. The monoisotopic (exact) mass is 287 g/mol. The molecule has 0 fully saturated rings. The zero-order valence-electron chi connectivity index (χ0n) is 10.6. The van der Waals surface area contributed by atoms with Gasteiger partial charge in [-0.1, -0.05) is 12.1 Å². The molecule has 0 radical (unpaired) electrons. The second kappa shape index (κ2) is 8.47. The molecule has 1 unspecified atom stereocenters. The number of hydrogen-bond acceptors (Lipinski definition) is 4. The van der Waals surface area contributed by atoms with Crippen LogP contribution in [-0.4, -0.2) is 25.0 Å². The molecule has 0 saturated heterocycles. The third-order valence-electron chi connectivity index (χ3n) is 2.29. The highest BCUT2D eigenvalue weighted by Gasteiger charge is 2.15. The molecule has 0 aliphatic carbocycles. The molecular weight excluding hydrogens is 270 g/mol. The molecule has 0 saturated carbocycles. The van der Waals surface area contributed by atoms with Crippen LogP contribution >= 0.6 is 12.4 Å². The van der Waals surface area contributed by atoms with Crippen molar-refractivity contribution in [3.8, 4) is 0 Å². The van der Waals surface area contributed by atoms with Crippen molar-refractivity contribution in [2.75, 3.05) is 12.4 Å². The summed E-state index contributed by atoms with van der Waals surface area (Å²) in [5.74, 6) is -1.04. The molecule has 1 aromatic rings. The van der Waals surface area contributed by atoms with E-state index in [1.165, 1.54) is 0 Å². The number of amides is 2. The first kappa shape index (κ1) is 17.4. The van der Waals surface area contributed by atoms with Gasteiger partial charge in [0.1, 0.15) is 0 Å². The van der Waals surface area contributed by atoms with Gasteiger partial charge in [-0.05, 0) is 17.7 Å². The Hall–Kier alpha value is -1.63. The second-order valence-electron chi connectivity index (χ2n) is 3.90. The van der Waals surface area contributed by atoms with Crippen molar-refractivity contribution in [2.24, 2.45) is 11.5 Å². The molecule has 0 aromatic heterocycles. The minimum absolute atomic E-state index is 0. The van der Waals surface area contributed by atoms with E-state index < -0.39 is 17.9 Å². The topological polar surface area (TPSA) is 107 Å². The third-order valence-corrected chi connectivity index (χ3v) is 2.29. The van der Waals surface area contributed by atoms with Crippen molar-refractivity contribution in [1.82, 2.24) is 0 Å². The minimum Gasteiger partial charge on any atom is -0.380 e. The number of carbonyl (C=O) groups excluding carboxylic acids is 2. The van der Waals surface area contributed by atoms with Gasteiger partial charge >= 0.3 is 0 Å². The fourth-order valence-electron chi connectivity index (χ4n) is 1.40. The molecule has 0 aliphatic rings. The van der Waals surface area contributed by atoms with E-state index in [0.717, 1.165) is 5.56 Å². The summed E-state index contributed by atoms with van der Waals surface area (Å²) in [5, 5.41) is 2.60. The van der Waals surface area contributed by atoms with Crippen LogP contribution in [0.1, 0.15) is 12.0 Å². The molecule has 2 amide bonds. The fraction of sp³-hybridized carbons (Fsp3) is 0.333. The molecule has 1 atom stereocenters. The van der Waals surface area contributed by atoms with Crippen LogP contribution in [0.2, 0.25) is 0 Å². The van der Waals surface area contributed by atoms with Crippen LogP contribution in [0.5, 0.6) is 0 Å². The van der Waals surface area contributed by atoms with Crippen molar-refractivity contribution in [3.05, 3.63) is 29.8 Å². The lowest BCUT2D eigenvalue weighted by Gasteiger charge is -2.10. The first-order chi connectivity index (χ1) is 8.52. The molecular formula is C12H18ClN3O3. The second-order valence-corrected chi connectivity index (χ2v) is 3.90. The zero-order chi connectivity index (χ0) is 13.5. The summed E-state index contributed by atoms with van der Waals surface area (Å²) >= 11 is 0. The van der Waals surface area contributed by atoms with Crippen LogP contribution in [0.25, 0.3) is 0 Å². The van der Waals surface area contributed by atoms with Crippen LogP contribution in [0, 0.1) is 0 Å². The number of nitrogens with one attached hydrogen (secondary N) is 1. The number of hydrogen-bond donors (Lipinski definition) is 3. The first-order valence-corrected chi connectivity index (χ1v) is 5.45. The summed E-state index contributed by atoms with van der Waals surface area (Å²) in [6.45, 7) is 0.509. The molecule has 106 valence electrons. The maximum Gasteiger partial charge on any atom is 0.241 e. The third kappa shape index (κ3) is 6.19. The van der Waals surface area contributed by atoms with Gasteiger partial charge < -0.3 is 21.5 Å². The van der Waals surface area contributed by atoms with Crippen LogP contribution in [-0.2, 0) is 20.9 Å². The van der Waals surface area contributed by atoms with Crippen LogP contribution < -0.4 is 16.8 Å². The van der Waals surface area contributed by atoms with Crippen LogP contribution in [0.4, 0.5) is 5.69 Å². The predicted molar refractivity (Wildman–Crippen MR) is 74.8 cm³/mol. The molecule has 5 N–H and O–H groups in total. The molecule has 0 bridgehead atoms. The minimum atomic E-state index is -0.929. The molecule has 6 nitrogen and oxygen atoms in total. The van der Waals surface area contributed by atoms with E-state index in [1.807, 2.05) is 12.1 Å². The van der Waals surface area contributed by atoms with Gasteiger partial charge in [-0.2, -0.15) is 0 Å². The summed E-state index contributed by atoms with van der Waals surface area (Å²) in [5.41, 5.74) is 12.1. The number of carbonyl (C=O) groups is 2. The van der Waals surface area contributed by atoms with E-state index in [4.69, 9.17) is 16.2 Å². The number of methoxy groups -OCH3 is 1. The Kier molecular flexibility index (Phi) is 7.74. The predicted octanol–water partition coefficient (Wildman–Crippen LogP) is 0.396. The lowest BCUT2D eigenvalue weighted by molar-refractivity contribution is -0.123. The molecule has 0 heterocycles. The van der Waals surface area contributed by atoms with Crippen molar-refractivity contribution >= 4 is 29.9 Å². The van der Waals surface area contributed by atoms with E-state index in [-0.39, 0.29) is 18.8 Å². The smallest absolute Gasteiger partial charge is 0.241 e. The Morgan fingerprint density at radius 1 is 1.32 bits per heavy atom. The Labute approximate surface area is 117 Å². The Balaban J connectivity index is 0.00000324. The van der Waals surface area contributed by atoms with E-state index in [0.29, 0.717) is 12.3 Å². The van der Waals surface area contributed by atoms with Gasteiger partial charge in [0.15, 0.2) is 0 Å². The maximum absolute atomic E-state index is 11.6. The largest absolute Gasteiger partial charge is 0.380 e. The molecule has 19 heavy (non-hydrogen) atoms. The quantitative estimate of drug-likeness (QED) is 0.703. The summed E-state index contributed by atoms with van der Waals surface area (Å²) in [7, 11) is 1.61. The van der Waals surface area contributed by atoms with E-state index in [2.05, 4.69) is 5.32 Å². The van der Waals surface area contributed by atoms with E-state index >= 15 is 0 Å². The molecule has 1 aromatic carbocycles. The number of nitrogens with two attached hydrogens (primary N) is 2. The van der Waals surface area contributed by atoms with Crippen molar-refractivity contribution < 1.29 is 14.3 Å². The molecule has 1 rings (SSSR count). The fourth-order valence-corrected chi connectivity index (χ4v) is 1.40. The van der Waals surface area contributed by atoms with Crippen LogP contribution in [0.3, 0.4) is 0 Å². The molecule has 0 aliphatic heterocycles. The van der Waals surface area contributed by atoms with Crippen molar-refractivity contribution in [3.63, 3.8) is 0 Å². The number of anilines is 1. The van der Waals surface area contributed by atoms with Crippen LogP contribution in [0.15, 0.2) is 24.3 Å². The Morgan fingerprint density at radius 2 is 1.89 bits per heavy atom. The van der Waals surface area contributed by atoms with Gasteiger partial charge in [-0.3, -0.25) is 9.59 Å². The summed E-state index contributed by atoms with van der Waals surface area (Å²) in [6, 6.07) is 6.21. The SMILES string of the molecule is COCc1ccc(NC(=O)C(N)CC(N)=O)cc1.Cl. The Bertz CT molecular complexity index is 423. The highest BCUT2D eigenvalue weighted by molar-refractivity contribution is 5.97. The average molecular weight is 288 g/mol. The number of halogens is 1. The van der Waals surface area contributed by atoms with E-state index in [1.54, 1.807) is 19.2 Å². The summed E-state index contributed by atoms with van der Waals surface area (Å²) < 4.78 is 4.97. The van der Waals surface area contributed by atoms with E-state index in [9.17, 15) is 9.59 Å². The van der Waals surface area contributed by atoms with Gasteiger partial charge in [-0.25, -0.2) is 0 Å². The van der Waals surface area contributed by atoms with Crippen molar-refractivity contribution in [2.45, 2.75) is 19.1 Å². The number of ether oxygens (including phenoxy) is 1. The summed E-state index contributed by atoms with van der Waals surface area (Å²) in [4.78, 5) is 22.2.